The molecule has 0 fully saturated rings. The van der Waals surface area contributed by atoms with Crippen molar-refractivity contribution in [1.29, 1.82) is 0 Å². The predicted octanol–water partition coefficient (Wildman–Crippen LogP) is 5.69. The van der Waals surface area contributed by atoms with Crippen molar-refractivity contribution in [2.45, 2.75) is 39.5 Å². The van der Waals surface area contributed by atoms with E-state index in [1.54, 1.807) is 31.2 Å². The number of hydrogen-bond acceptors (Lipinski definition) is 4. The first-order valence-electron chi connectivity index (χ1n) is 10.1. The van der Waals surface area contributed by atoms with E-state index in [0.29, 0.717) is 33.9 Å². The maximum Gasteiger partial charge on any atom is 0.342 e. The minimum atomic E-state index is -0.593. The van der Waals surface area contributed by atoms with Gasteiger partial charge in [-0.25, -0.2) is 4.79 Å². The number of esters is 1. The van der Waals surface area contributed by atoms with Gasteiger partial charge in [0, 0.05) is 16.5 Å². The number of phenols is 1. The van der Waals surface area contributed by atoms with Crippen LogP contribution in [0.15, 0.2) is 54.6 Å². The van der Waals surface area contributed by atoms with Gasteiger partial charge in [0.25, 0.3) is 0 Å². The highest BCUT2D eigenvalue weighted by molar-refractivity contribution is 6.20. The molecule has 3 aromatic rings. The van der Waals surface area contributed by atoms with Crippen molar-refractivity contribution >= 4 is 22.5 Å². The fraction of sp³-hybridized carbons (Fsp3) is 0.280. The van der Waals surface area contributed by atoms with Crippen LogP contribution in [0.1, 0.15) is 65.0 Å². The molecule has 0 aliphatic heterocycles. The zero-order chi connectivity index (χ0) is 20.8. The zero-order valence-electron chi connectivity index (χ0n) is 16.9. The van der Waals surface area contributed by atoms with Crippen LogP contribution in [0.2, 0.25) is 0 Å². The van der Waals surface area contributed by atoms with Crippen LogP contribution in [-0.4, -0.2) is 23.5 Å². The Kier molecular flexibility index (Phi) is 6.65. The molecule has 3 aromatic carbocycles. The van der Waals surface area contributed by atoms with E-state index in [2.05, 4.69) is 6.92 Å². The largest absolute Gasteiger partial charge is 0.506 e. The number of fused-ring (bicyclic) bond motifs is 1. The summed E-state index contributed by atoms with van der Waals surface area (Å²) in [5.41, 5.74) is 1.71. The maximum absolute atomic E-state index is 13.5. The number of carbonyl (C=O) groups excluding carboxylic acids is 2. The molecule has 0 saturated heterocycles. The molecular weight excluding hydrogens is 364 g/mol. The summed E-state index contributed by atoms with van der Waals surface area (Å²) in [6.07, 6.45) is 3.31. The number of ether oxygens (including phenoxy) is 1. The smallest absolute Gasteiger partial charge is 0.342 e. The Balaban J connectivity index is 2.33. The normalized spacial score (nSPS) is 10.8. The molecule has 0 bridgehead atoms. The van der Waals surface area contributed by atoms with Crippen LogP contribution < -0.4 is 0 Å². The summed E-state index contributed by atoms with van der Waals surface area (Å²) in [6, 6.07) is 16.2. The Morgan fingerprint density at radius 2 is 1.52 bits per heavy atom. The second-order valence-corrected chi connectivity index (χ2v) is 7.00. The summed E-state index contributed by atoms with van der Waals surface area (Å²) in [6.45, 7) is 4.02. The zero-order valence-corrected chi connectivity index (χ0v) is 16.9. The topological polar surface area (TPSA) is 63.6 Å². The molecular formula is C25H26O4. The second-order valence-electron chi connectivity index (χ2n) is 7.00. The summed E-state index contributed by atoms with van der Waals surface area (Å²) < 4.78 is 5.23. The summed E-state index contributed by atoms with van der Waals surface area (Å²) in [5.74, 6) is -0.863. The van der Waals surface area contributed by atoms with Gasteiger partial charge in [-0.1, -0.05) is 74.4 Å². The third-order valence-corrected chi connectivity index (χ3v) is 5.06. The van der Waals surface area contributed by atoms with Gasteiger partial charge in [-0.15, -0.1) is 0 Å². The number of rotatable bonds is 8. The minimum absolute atomic E-state index is 0.112. The molecule has 0 aliphatic rings. The molecule has 0 unspecified atom stereocenters. The van der Waals surface area contributed by atoms with Crippen LogP contribution in [0.4, 0.5) is 0 Å². The van der Waals surface area contributed by atoms with Crippen molar-refractivity contribution in [3.8, 4) is 5.75 Å². The molecule has 1 N–H and O–H groups in total. The summed E-state index contributed by atoms with van der Waals surface area (Å²) in [4.78, 5) is 26.3. The Morgan fingerprint density at radius 3 is 2.17 bits per heavy atom. The number of hydrogen-bond donors (Lipinski definition) is 1. The number of unbranched alkanes of at least 4 members (excludes halogenated alkanes) is 2. The van der Waals surface area contributed by atoms with Gasteiger partial charge in [0.1, 0.15) is 11.3 Å². The quantitative estimate of drug-likeness (QED) is 0.305. The van der Waals surface area contributed by atoms with Crippen LogP contribution in [0.5, 0.6) is 5.75 Å². The highest BCUT2D eigenvalue weighted by atomic mass is 16.5. The Bertz CT molecular complexity index is 1020. The molecule has 3 rings (SSSR count). The Morgan fingerprint density at radius 1 is 0.862 bits per heavy atom. The molecule has 0 aliphatic carbocycles. The van der Waals surface area contributed by atoms with Crippen molar-refractivity contribution in [2.75, 3.05) is 6.61 Å². The maximum atomic E-state index is 13.5. The molecule has 0 spiro atoms. The molecule has 0 atom stereocenters. The first kappa shape index (κ1) is 20.6. The van der Waals surface area contributed by atoms with Gasteiger partial charge in [0.2, 0.25) is 0 Å². The van der Waals surface area contributed by atoms with Crippen LogP contribution in [0.3, 0.4) is 0 Å². The number of benzene rings is 3. The summed E-state index contributed by atoms with van der Waals surface area (Å²) in [5, 5.41) is 12.1. The fourth-order valence-electron chi connectivity index (χ4n) is 3.69. The molecule has 0 aromatic heterocycles. The SMILES string of the molecule is CCCCCc1c(C(=O)OCC)c(O)c2ccccc2c1C(=O)c1ccccc1. The molecule has 4 nitrogen and oxygen atoms in total. The van der Waals surface area contributed by atoms with Crippen molar-refractivity contribution in [1.82, 2.24) is 0 Å². The van der Waals surface area contributed by atoms with Gasteiger partial charge in [0.05, 0.1) is 6.61 Å². The standard InChI is InChI=1S/C25H26O4/c1-3-5-7-16-20-21(23(26)17-12-8-6-9-13-17)18-14-10-11-15-19(18)24(27)22(20)25(28)29-4-2/h6,8-15,27H,3-5,7,16H2,1-2H3. The summed E-state index contributed by atoms with van der Waals surface area (Å²) >= 11 is 0. The van der Waals surface area contributed by atoms with E-state index in [9.17, 15) is 14.7 Å². The van der Waals surface area contributed by atoms with Crippen LogP contribution in [-0.2, 0) is 11.2 Å². The molecule has 0 radical (unpaired) electrons. The van der Waals surface area contributed by atoms with Gasteiger partial charge >= 0.3 is 5.97 Å². The van der Waals surface area contributed by atoms with E-state index >= 15 is 0 Å². The monoisotopic (exact) mass is 390 g/mol. The molecule has 4 heteroatoms. The third kappa shape index (κ3) is 4.16. The number of ketones is 1. The predicted molar refractivity (Wildman–Crippen MR) is 115 cm³/mol. The van der Waals surface area contributed by atoms with Gasteiger partial charge in [-0.05, 0) is 30.7 Å². The van der Waals surface area contributed by atoms with Crippen LogP contribution in [0.25, 0.3) is 10.8 Å². The average molecular weight is 390 g/mol. The molecule has 29 heavy (non-hydrogen) atoms. The average Bonchev–Trinajstić information content (AvgIpc) is 2.74. The fourth-order valence-corrected chi connectivity index (χ4v) is 3.69. The van der Waals surface area contributed by atoms with E-state index in [0.717, 1.165) is 19.3 Å². The minimum Gasteiger partial charge on any atom is -0.506 e. The molecule has 0 saturated carbocycles. The van der Waals surface area contributed by atoms with E-state index < -0.39 is 5.97 Å². The van der Waals surface area contributed by atoms with Gasteiger partial charge < -0.3 is 9.84 Å². The van der Waals surface area contributed by atoms with Crippen molar-refractivity contribution in [2.24, 2.45) is 0 Å². The highest BCUT2D eigenvalue weighted by Crippen LogP contribution is 2.38. The second kappa shape index (κ2) is 9.37. The first-order chi connectivity index (χ1) is 14.1. The van der Waals surface area contributed by atoms with Crippen molar-refractivity contribution < 1.29 is 19.4 Å². The van der Waals surface area contributed by atoms with Crippen molar-refractivity contribution in [3.05, 3.63) is 76.9 Å². The Hall–Kier alpha value is -3.14. The van der Waals surface area contributed by atoms with Crippen LogP contribution in [0, 0.1) is 0 Å². The van der Waals surface area contributed by atoms with Crippen LogP contribution >= 0.6 is 0 Å². The Labute approximate surface area is 171 Å². The summed E-state index contributed by atoms with van der Waals surface area (Å²) in [7, 11) is 0. The molecule has 150 valence electrons. The lowest BCUT2D eigenvalue weighted by atomic mass is 9.86. The van der Waals surface area contributed by atoms with Gasteiger partial charge in [0.15, 0.2) is 5.78 Å². The highest BCUT2D eigenvalue weighted by Gasteiger charge is 2.28. The van der Waals surface area contributed by atoms with E-state index in [1.807, 2.05) is 30.3 Å². The lowest BCUT2D eigenvalue weighted by Crippen LogP contribution is -2.15. The number of aromatic hydroxyl groups is 1. The van der Waals surface area contributed by atoms with Gasteiger partial charge in [-0.3, -0.25) is 4.79 Å². The first-order valence-corrected chi connectivity index (χ1v) is 10.1. The number of carbonyl (C=O) groups is 2. The molecule has 0 heterocycles. The van der Waals surface area contributed by atoms with Crippen molar-refractivity contribution in [3.63, 3.8) is 0 Å². The third-order valence-electron chi connectivity index (χ3n) is 5.06. The lowest BCUT2D eigenvalue weighted by molar-refractivity contribution is 0.0522. The van der Waals surface area contributed by atoms with Gasteiger partial charge in [-0.2, -0.15) is 0 Å². The van der Waals surface area contributed by atoms with E-state index in [-0.39, 0.29) is 23.7 Å². The van der Waals surface area contributed by atoms with E-state index in [1.165, 1.54) is 0 Å². The number of phenolic OH excluding ortho intramolecular Hbond substituents is 1. The molecule has 0 amide bonds. The van der Waals surface area contributed by atoms with E-state index in [4.69, 9.17) is 4.74 Å². The lowest BCUT2D eigenvalue weighted by Gasteiger charge is -2.19.